The number of amides is 1. The molecule has 142 valence electrons. The third-order valence-corrected chi connectivity index (χ3v) is 6.21. The fourth-order valence-electron chi connectivity index (χ4n) is 2.87. The van der Waals surface area contributed by atoms with Crippen LogP contribution in [0.25, 0.3) is 10.6 Å². The van der Waals surface area contributed by atoms with Crippen LogP contribution >= 0.6 is 22.7 Å². The van der Waals surface area contributed by atoms with E-state index in [1.807, 2.05) is 37.3 Å². The molecule has 0 fully saturated rings. The molecule has 0 bridgehead atoms. The van der Waals surface area contributed by atoms with E-state index in [1.54, 1.807) is 39.7 Å². The Balaban J connectivity index is 1.28. The first-order valence-electron chi connectivity index (χ1n) is 9.03. The molecule has 1 aromatic carbocycles. The zero-order valence-corrected chi connectivity index (χ0v) is 17.1. The van der Waals surface area contributed by atoms with Gasteiger partial charge in [-0.15, -0.1) is 22.7 Å². The van der Waals surface area contributed by atoms with Crippen LogP contribution in [0.15, 0.2) is 60.2 Å². The minimum Gasteiger partial charge on any atom is -0.352 e. The Morgan fingerprint density at radius 1 is 1.18 bits per heavy atom. The van der Waals surface area contributed by atoms with Gasteiger partial charge in [-0.25, -0.2) is 4.98 Å². The summed E-state index contributed by atoms with van der Waals surface area (Å²) in [5.74, 6) is -0.0915. The maximum absolute atomic E-state index is 12.4. The molecule has 28 heavy (non-hydrogen) atoms. The number of nitrogens with one attached hydrogen (secondary N) is 1. The number of carbonyl (C=O) groups is 1. The second-order valence-electron chi connectivity index (χ2n) is 6.44. The van der Waals surface area contributed by atoms with E-state index in [0.29, 0.717) is 18.7 Å². The van der Waals surface area contributed by atoms with Crippen LogP contribution in [0.5, 0.6) is 0 Å². The van der Waals surface area contributed by atoms with Crippen LogP contribution < -0.4 is 5.32 Å². The summed E-state index contributed by atoms with van der Waals surface area (Å²) in [6, 6.07) is 14.3. The molecule has 0 aliphatic rings. The van der Waals surface area contributed by atoms with E-state index in [9.17, 15) is 4.79 Å². The van der Waals surface area contributed by atoms with E-state index in [1.165, 1.54) is 9.75 Å². The van der Waals surface area contributed by atoms with Crippen molar-refractivity contribution in [2.45, 2.75) is 19.9 Å². The van der Waals surface area contributed by atoms with Crippen molar-refractivity contribution in [3.8, 4) is 10.6 Å². The van der Waals surface area contributed by atoms with Gasteiger partial charge in [-0.2, -0.15) is 5.10 Å². The molecule has 4 aromatic rings. The lowest BCUT2D eigenvalue weighted by molar-refractivity contribution is 0.0954. The standard InChI is InChI=1S/C21H20N4OS2/c1-15-24-19(14-27-15)20-8-7-18(28-20)9-10-22-21(26)17-11-23-25(13-17)12-16-5-3-2-4-6-16/h2-8,11,13-14H,9-10,12H2,1H3,(H,22,26). The predicted octanol–water partition coefficient (Wildman–Crippen LogP) is 4.40. The molecule has 0 saturated carbocycles. The Morgan fingerprint density at radius 3 is 2.82 bits per heavy atom. The van der Waals surface area contributed by atoms with Crippen LogP contribution in [-0.2, 0) is 13.0 Å². The molecule has 0 spiro atoms. The van der Waals surface area contributed by atoms with Crippen LogP contribution in [0, 0.1) is 6.92 Å². The van der Waals surface area contributed by atoms with Crippen LogP contribution in [-0.4, -0.2) is 27.2 Å². The van der Waals surface area contributed by atoms with Crippen LogP contribution in [0.3, 0.4) is 0 Å². The molecular formula is C21H20N4OS2. The van der Waals surface area contributed by atoms with Crippen LogP contribution in [0.1, 0.15) is 25.8 Å². The average Bonchev–Trinajstić information content (AvgIpc) is 3.43. The summed E-state index contributed by atoms with van der Waals surface area (Å²) in [6.07, 6.45) is 4.21. The first kappa shape index (κ1) is 18.6. The van der Waals surface area contributed by atoms with Gasteiger partial charge in [0, 0.05) is 23.0 Å². The Hall–Kier alpha value is -2.77. The summed E-state index contributed by atoms with van der Waals surface area (Å²) in [4.78, 5) is 19.3. The van der Waals surface area contributed by atoms with E-state index in [-0.39, 0.29) is 5.91 Å². The Bertz CT molecular complexity index is 1060. The summed E-state index contributed by atoms with van der Waals surface area (Å²) < 4.78 is 1.78. The van der Waals surface area contributed by atoms with E-state index in [0.717, 1.165) is 22.7 Å². The van der Waals surface area contributed by atoms with E-state index < -0.39 is 0 Å². The van der Waals surface area contributed by atoms with Crippen molar-refractivity contribution in [1.82, 2.24) is 20.1 Å². The van der Waals surface area contributed by atoms with Crippen molar-refractivity contribution in [2.24, 2.45) is 0 Å². The number of aromatic nitrogens is 3. The highest BCUT2D eigenvalue weighted by atomic mass is 32.1. The summed E-state index contributed by atoms with van der Waals surface area (Å²) in [6.45, 7) is 3.27. The predicted molar refractivity (Wildman–Crippen MR) is 114 cm³/mol. The normalized spacial score (nSPS) is 10.9. The van der Waals surface area contributed by atoms with Gasteiger partial charge in [-0.3, -0.25) is 9.48 Å². The van der Waals surface area contributed by atoms with Crippen molar-refractivity contribution < 1.29 is 4.79 Å². The number of hydrogen-bond donors (Lipinski definition) is 1. The molecule has 1 N–H and O–H groups in total. The number of rotatable bonds is 7. The fourth-order valence-corrected chi connectivity index (χ4v) is 4.52. The molecule has 5 nitrogen and oxygen atoms in total. The first-order chi connectivity index (χ1) is 13.7. The number of nitrogens with zero attached hydrogens (tertiary/aromatic N) is 3. The van der Waals surface area contributed by atoms with Gasteiger partial charge >= 0.3 is 0 Å². The van der Waals surface area contributed by atoms with Crippen molar-refractivity contribution in [3.63, 3.8) is 0 Å². The topological polar surface area (TPSA) is 59.8 Å². The lowest BCUT2D eigenvalue weighted by Gasteiger charge is -2.02. The molecule has 1 amide bonds. The van der Waals surface area contributed by atoms with Crippen LogP contribution in [0.4, 0.5) is 0 Å². The zero-order chi connectivity index (χ0) is 19.3. The molecule has 4 rings (SSSR count). The van der Waals surface area contributed by atoms with Crippen molar-refractivity contribution in [2.75, 3.05) is 6.54 Å². The lowest BCUT2D eigenvalue weighted by Crippen LogP contribution is -2.25. The number of benzene rings is 1. The molecule has 3 aromatic heterocycles. The molecular weight excluding hydrogens is 388 g/mol. The molecule has 3 heterocycles. The Labute approximate surface area is 171 Å². The first-order valence-corrected chi connectivity index (χ1v) is 10.7. The highest BCUT2D eigenvalue weighted by Crippen LogP contribution is 2.29. The minimum absolute atomic E-state index is 0.0915. The quantitative estimate of drug-likeness (QED) is 0.493. The number of thiophene rings is 1. The fraction of sp³-hybridized carbons (Fsp3) is 0.190. The lowest BCUT2D eigenvalue weighted by atomic mass is 10.2. The second-order valence-corrected chi connectivity index (χ2v) is 8.67. The number of aryl methyl sites for hydroxylation is 1. The molecule has 0 unspecified atom stereocenters. The minimum atomic E-state index is -0.0915. The van der Waals surface area contributed by atoms with Gasteiger partial charge in [0.05, 0.1) is 33.9 Å². The van der Waals surface area contributed by atoms with Crippen molar-refractivity contribution in [3.05, 3.63) is 81.2 Å². The average molecular weight is 409 g/mol. The van der Waals surface area contributed by atoms with Crippen molar-refractivity contribution >= 4 is 28.6 Å². The van der Waals surface area contributed by atoms with Crippen LogP contribution in [0.2, 0.25) is 0 Å². The second kappa shape index (κ2) is 8.50. The molecule has 0 radical (unpaired) electrons. The van der Waals surface area contributed by atoms with Gasteiger partial charge < -0.3 is 5.32 Å². The third-order valence-electron chi connectivity index (χ3n) is 4.27. The number of thiazole rings is 1. The van der Waals surface area contributed by atoms with E-state index in [4.69, 9.17) is 0 Å². The SMILES string of the molecule is Cc1nc(-c2ccc(CCNC(=O)c3cnn(Cc4ccccc4)c3)s2)cs1. The molecule has 0 aliphatic heterocycles. The monoisotopic (exact) mass is 408 g/mol. The summed E-state index contributed by atoms with van der Waals surface area (Å²) in [5, 5.41) is 10.4. The molecule has 0 saturated heterocycles. The Kier molecular flexibility index (Phi) is 5.64. The molecule has 7 heteroatoms. The molecule has 0 aliphatic carbocycles. The number of hydrogen-bond acceptors (Lipinski definition) is 5. The third kappa shape index (κ3) is 4.55. The maximum Gasteiger partial charge on any atom is 0.254 e. The van der Waals surface area contributed by atoms with Gasteiger partial charge in [0.2, 0.25) is 0 Å². The summed E-state index contributed by atoms with van der Waals surface area (Å²) in [5.41, 5.74) is 2.77. The van der Waals surface area contributed by atoms with E-state index >= 15 is 0 Å². The smallest absolute Gasteiger partial charge is 0.254 e. The highest BCUT2D eigenvalue weighted by molar-refractivity contribution is 7.16. The summed E-state index contributed by atoms with van der Waals surface area (Å²) >= 11 is 3.39. The summed E-state index contributed by atoms with van der Waals surface area (Å²) in [7, 11) is 0. The van der Waals surface area contributed by atoms with Gasteiger partial charge in [-0.1, -0.05) is 30.3 Å². The van der Waals surface area contributed by atoms with Crippen molar-refractivity contribution in [1.29, 1.82) is 0 Å². The number of carbonyl (C=O) groups excluding carboxylic acids is 1. The highest BCUT2D eigenvalue weighted by Gasteiger charge is 2.10. The largest absolute Gasteiger partial charge is 0.352 e. The van der Waals surface area contributed by atoms with Gasteiger partial charge in [0.25, 0.3) is 5.91 Å². The van der Waals surface area contributed by atoms with E-state index in [2.05, 4.69) is 32.9 Å². The van der Waals surface area contributed by atoms with Gasteiger partial charge in [0.15, 0.2) is 0 Å². The molecule has 0 atom stereocenters. The van der Waals surface area contributed by atoms with Gasteiger partial charge in [0.1, 0.15) is 0 Å². The van der Waals surface area contributed by atoms with Gasteiger partial charge in [-0.05, 0) is 31.0 Å². The maximum atomic E-state index is 12.4. The Morgan fingerprint density at radius 2 is 2.04 bits per heavy atom. The zero-order valence-electron chi connectivity index (χ0n) is 15.5.